The second-order valence-corrected chi connectivity index (χ2v) is 8.22. The number of nitrogens with zero attached hydrogens (tertiary/aromatic N) is 1. The summed E-state index contributed by atoms with van der Waals surface area (Å²) in [7, 11) is 3.14. The van der Waals surface area contributed by atoms with Crippen LogP contribution in [0.25, 0.3) is 6.08 Å². The molecule has 1 aromatic carbocycles. The number of ketones is 1. The second-order valence-electron chi connectivity index (χ2n) is 8.22. The monoisotopic (exact) mass is 431 g/mol. The number of hydrogen-bond donors (Lipinski definition) is 0. The van der Waals surface area contributed by atoms with Gasteiger partial charge in [-0.1, -0.05) is 32.9 Å². The summed E-state index contributed by atoms with van der Waals surface area (Å²) in [5.41, 5.74) is 0.126. The zero-order chi connectivity index (χ0) is 23.0. The van der Waals surface area contributed by atoms with Gasteiger partial charge in [0.15, 0.2) is 11.5 Å². The smallest absolute Gasteiger partial charge is 0.329 e. The van der Waals surface area contributed by atoms with Crippen LogP contribution in [0.1, 0.15) is 52.0 Å². The van der Waals surface area contributed by atoms with Gasteiger partial charge in [-0.2, -0.15) is 0 Å². The molecule has 1 amide bonds. The van der Waals surface area contributed by atoms with Crippen LogP contribution in [0.2, 0.25) is 0 Å². The number of ether oxygens (including phenoxy) is 3. The number of amides is 1. The summed E-state index contributed by atoms with van der Waals surface area (Å²) < 4.78 is 15.9. The third kappa shape index (κ3) is 6.09. The Kier molecular flexibility index (Phi) is 8.65. The normalized spacial score (nSPS) is 16.8. The van der Waals surface area contributed by atoms with Crippen LogP contribution in [0.5, 0.6) is 11.5 Å². The summed E-state index contributed by atoms with van der Waals surface area (Å²) in [6.07, 6.45) is 6.18. The Hall–Kier alpha value is -2.83. The highest BCUT2D eigenvalue weighted by atomic mass is 16.5. The minimum atomic E-state index is -0.745. The van der Waals surface area contributed by atoms with Crippen molar-refractivity contribution in [2.75, 3.05) is 27.4 Å². The molecule has 31 heavy (non-hydrogen) atoms. The number of methoxy groups -OCH3 is 2. The highest BCUT2D eigenvalue weighted by molar-refractivity contribution is 6.38. The van der Waals surface area contributed by atoms with Crippen LogP contribution < -0.4 is 9.47 Å². The molecule has 1 aromatic rings. The topological polar surface area (TPSA) is 82.1 Å². The molecule has 0 saturated carbocycles. The van der Waals surface area contributed by atoms with Gasteiger partial charge >= 0.3 is 5.97 Å². The lowest BCUT2D eigenvalue weighted by Crippen LogP contribution is -2.53. The number of benzene rings is 1. The van der Waals surface area contributed by atoms with Crippen LogP contribution in [0.15, 0.2) is 24.3 Å². The maximum absolute atomic E-state index is 12.8. The number of hydrogen-bond acceptors (Lipinski definition) is 6. The summed E-state index contributed by atoms with van der Waals surface area (Å²) in [5.74, 6) is -0.281. The van der Waals surface area contributed by atoms with Crippen LogP contribution in [-0.4, -0.2) is 56.0 Å². The second kappa shape index (κ2) is 11.0. The maximum Gasteiger partial charge on any atom is 0.329 e. The van der Waals surface area contributed by atoms with Crippen molar-refractivity contribution in [2.45, 2.75) is 52.5 Å². The minimum Gasteiger partial charge on any atom is -0.493 e. The molecule has 1 fully saturated rings. The number of esters is 1. The van der Waals surface area contributed by atoms with E-state index in [0.29, 0.717) is 30.9 Å². The van der Waals surface area contributed by atoms with Gasteiger partial charge in [-0.15, -0.1) is 0 Å². The molecule has 0 radical (unpaired) electrons. The van der Waals surface area contributed by atoms with E-state index in [2.05, 4.69) is 0 Å². The van der Waals surface area contributed by atoms with E-state index >= 15 is 0 Å². The standard InChI is InChI=1S/C24H33NO6/c1-6-24(2,3)21(26)22(27)25-14-8-7-11-18(25)23(28)31-15-9-10-17-12-13-19(29-4)20(16-17)30-5/h9-10,12-13,16,18H,6-8,11,14-15H2,1-5H3/b10-9+. The quantitative estimate of drug-likeness (QED) is 0.439. The van der Waals surface area contributed by atoms with E-state index in [-0.39, 0.29) is 6.61 Å². The molecule has 0 aromatic heterocycles. The fourth-order valence-electron chi connectivity index (χ4n) is 3.37. The average Bonchev–Trinajstić information content (AvgIpc) is 2.80. The van der Waals surface area contributed by atoms with Crippen molar-refractivity contribution >= 4 is 23.7 Å². The fraction of sp³-hybridized carbons (Fsp3) is 0.542. The van der Waals surface area contributed by atoms with Gasteiger partial charge in [0.1, 0.15) is 12.6 Å². The van der Waals surface area contributed by atoms with Crippen molar-refractivity contribution in [3.63, 3.8) is 0 Å². The van der Waals surface area contributed by atoms with Crippen molar-refractivity contribution in [2.24, 2.45) is 5.41 Å². The van der Waals surface area contributed by atoms with Crippen LogP contribution in [-0.2, 0) is 19.1 Å². The Morgan fingerprint density at radius 3 is 2.48 bits per heavy atom. The Labute approximate surface area is 184 Å². The van der Waals surface area contributed by atoms with Gasteiger partial charge < -0.3 is 19.1 Å². The Morgan fingerprint density at radius 1 is 1.13 bits per heavy atom. The van der Waals surface area contributed by atoms with Crippen molar-refractivity contribution in [1.82, 2.24) is 4.90 Å². The van der Waals surface area contributed by atoms with Crippen LogP contribution in [0, 0.1) is 5.41 Å². The first-order valence-electron chi connectivity index (χ1n) is 10.7. The molecular formula is C24H33NO6. The first-order chi connectivity index (χ1) is 14.7. The van der Waals surface area contributed by atoms with Crippen LogP contribution >= 0.6 is 0 Å². The van der Waals surface area contributed by atoms with Gasteiger partial charge in [0.25, 0.3) is 5.91 Å². The zero-order valence-corrected chi connectivity index (χ0v) is 19.1. The molecule has 1 aliphatic heterocycles. The summed E-state index contributed by atoms with van der Waals surface area (Å²) in [5, 5.41) is 0. The highest BCUT2D eigenvalue weighted by Crippen LogP contribution is 2.28. The molecule has 1 unspecified atom stereocenters. The van der Waals surface area contributed by atoms with Crippen molar-refractivity contribution < 1.29 is 28.6 Å². The maximum atomic E-state index is 12.8. The highest BCUT2D eigenvalue weighted by Gasteiger charge is 2.40. The Balaban J connectivity index is 1.99. The van der Waals surface area contributed by atoms with Gasteiger partial charge in [0, 0.05) is 12.0 Å². The predicted octanol–water partition coefficient (Wildman–Crippen LogP) is 3.65. The molecule has 1 heterocycles. The summed E-state index contributed by atoms with van der Waals surface area (Å²) in [6.45, 7) is 5.84. The molecule has 0 N–H and O–H groups in total. The van der Waals surface area contributed by atoms with Crippen molar-refractivity contribution in [3.05, 3.63) is 29.8 Å². The molecule has 0 bridgehead atoms. The van der Waals surface area contributed by atoms with E-state index in [1.54, 1.807) is 40.2 Å². The van der Waals surface area contributed by atoms with E-state index in [1.165, 1.54) is 4.90 Å². The number of Topliss-reactive ketones (excluding diaryl/α,β-unsaturated/α-hetero) is 1. The largest absolute Gasteiger partial charge is 0.493 e. The number of rotatable bonds is 9. The van der Waals surface area contributed by atoms with Gasteiger partial charge in [0.05, 0.1) is 14.2 Å². The number of carbonyl (C=O) groups is 3. The third-order valence-corrected chi connectivity index (χ3v) is 5.77. The van der Waals surface area contributed by atoms with Crippen LogP contribution in [0.4, 0.5) is 0 Å². The molecule has 1 aliphatic rings. The first-order valence-corrected chi connectivity index (χ1v) is 10.7. The number of carbonyl (C=O) groups excluding carboxylic acids is 3. The van der Waals surface area contributed by atoms with Gasteiger partial charge in [-0.05, 0) is 49.5 Å². The van der Waals surface area contributed by atoms with Gasteiger partial charge in [-0.3, -0.25) is 9.59 Å². The Morgan fingerprint density at radius 2 is 1.84 bits per heavy atom. The molecule has 7 nitrogen and oxygen atoms in total. The van der Waals surface area contributed by atoms with E-state index in [0.717, 1.165) is 18.4 Å². The molecule has 0 aliphatic carbocycles. The van der Waals surface area contributed by atoms with E-state index in [9.17, 15) is 14.4 Å². The van der Waals surface area contributed by atoms with Crippen molar-refractivity contribution in [1.29, 1.82) is 0 Å². The fourth-order valence-corrected chi connectivity index (χ4v) is 3.37. The first kappa shape index (κ1) is 24.4. The molecule has 1 atom stereocenters. The molecule has 170 valence electrons. The van der Waals surface area contributed by atoms with Crippen LogP contribution in [0.3, 0.4) is 0 Å². The SMILES string of the molecule is CCC(C)(C)C(=O)C(=O)N1CCCCC1C(=O)OC/C=C/c1ccc(OC)c(OC)c1. The molecule has 0 spiro atoms. The third-order valence-electron chi connectivity index (χ3n) is 5.77. The minimum absolute atomic E-state index is 0.0696. The lowest BCUT2D eigenvalue weighted by atomic mass is 9.84. The molecule has 1 saturated heterocycles. The average molecular weight is 432 g/mol. The Bertz CT molecular complexity index is 829. The zero-order valence-electron chi connectivity index (χ0n) is 19.1. The lowest BCUT2D eigenvalue weighted by Gasteiger charge is -2.35. The molecular weight excluding hydrogens is 398 g/mol. The van der Waals surface area contributed by atoms with Crippen molar-refractivity contribution in [3.8, 4) is 11.5 Å². The molecule has 7 heteroatoms. The summed E-state index contributed by atoms with van der Waals surface area (Å²) in [6, 6.07) is 4.76. The summed E-state index contributed by atoms with van der Waals surface area (Å²) >= 11 is 0. The van der Waals surface area contributed by atoms with Gasteiger partial charge in [-0.25, -0.2) is 4.79 Å². The number of piperidine rings is 1. The van der Waals surface area contributed by atoms with Gasteiger partial charge in [0.2, 0.25) is 5.78 Å². The summed E-state index contributed by atoms with van der Waals surface area (Å²) in [4.78, 5) is 39.4. The number of likely N-dealkylation sites (tertiary alicyclic amines) is 1. The predicted molar refractivity (Wildman–Crippen MR) is 118 cm³/mol. The molecule has 2 rings (SSSR count). The lowest BCUT2D eigenvalue weighted by molar-refractivity contribution is -0.160. The van der Waals surface area contributed by atoms with E-state index in [1.807, 2.05) is 25.1 Å². The van der Waals surface area contributed by atoms with E-state index in [4.69, 9.17) is 14.2 Å². The van der Waals surface area contributed by atoms with E-state index < -0.39 is 29.1 Å².